The summed E-state index contributed by atoms with van der Waals surface area (Å²) in [4.78, 5) is 15.8. The summed E-state index contributed by atoms with van der Waals surface area (Å²) in [6, 6.07) is 17.0. The molecule has 1 heterocycles. The van der Waals surface area contributed by atoms with Crippen LogP contribution in [0.3, 0.4) is 0 Å². The number of esters is 1. The van der Waals surface area contributed by atoms with Crippen LogP contribution in [0, 0.1) is 6.92 Å². The fourth-order valence-electron chi connectivity index (χ4n) is 3.08. The van der Waals surface area contributed by atoms with Crippen LogP contribution in [0.5, 0.6) is 5.75 Å². The second-order valence-electron chi connectivity index (χ2n) is 7.22. The Morgan fingerprint density at radius 2 is 1.78 bits per heavy atom. The number of nitrogens with zero attached hydrogens (tertiary/aromatic N) is 1. The number of benzene rings is 2. The molecule has 0 saturated carbocycles. The number of rotatable bonds is 10. The molecule has 0 aliphatic heterocycles. The molecule has 0 aliphatic carbocycles. The average molecular weight is 455 g/mol. The van der Waals surface area contributed by atoms with Gasteiger partial charge in [0.15, 0.2) is 6.61 Å². The van der Waals surface area contributed by atoms with E-state index in [2.05, 4.69) is 9.71 Å². The van der Waals surface area contributed by atoms with Crippen molar-refractivity contribution in [1.82, 2.24) is 9.71 Å². The minimum absolute atomic E-state index is 0.165. The van der Waals surface area contributed by atoms with E-state index in [1.54, 1.807) is 61.8 Å². The number of aryl methyl sites for hydroxylation is 1. The fraction of sp³-hybridized carbons (Fsp3) is 0.250. The van der Waals surface area contributed by atoms with Crippen LogP contribution in [-0.2, 0) is 26.0 Å². The number of carbonyl (C=O) groups is 1. The molecule has 168 valence electrons. The number of nitrogens with one attached hydrogen (secondary N) is 1. The van der Waals surface area contributed by atoms with E-state index >= 15 is 0 Å². The summed E-state index contributed by atoms with van der Waals surface area (Å²) in [7, 11) is -3.73. The third-order valence-corrected chi connectivity index (χ3v) is 6.23. The van der Waals surface area contributed by atoms with Gasteiger partial charge in [-0.1, -0.05) is 35.9 Å². The lowest BCUT2D eigenvalue weighted by molar-refractivity contribution is -0.145. The number of aromatic nitrogens is 1. The highest BCUT2D eigenvalue weighted by molar-refractivity contribution is 7.89. The zero-order valence-corrected chi connectivity index (χ0v) is 18.8. The topological polar surface area (TPSA) is 94.6 Å². The number of sulfonamides is 1. The molecule has 32 heavy (non-hydrogen) atoms. The maximum atomic E-state index is 13.0. The monoisotopic (exact) mass is 454 g/mol. The second kappa shape index (κ2) is 10.9. The molecule has 1 unspecified atom stereocenters. The van der Waals surface area contributed by atoms with Crippen LogP contribution in [0.25, 0.3) is 0 Å². The lowest BCUT2D eigenvalue weighted by Gasteiger charge is -2.19. The van der Waals surface area contributed by atoms with Gasteiger partial charge in [0, 0.05) is 12.4 Å². The number of hydrogen-bond donors (Lipinski definition) is 1. The SMILES string of the molecule is CCOC(=O)COc1ccc(CC(NS(=O)(=O)c2ccc(C)cc2)c2cccnc2)cc1. The standard InChI is InChI=1S/C24H26N2O5S/c1-3-30-24(27)17-31-21-10-8-19(9-11-21)15-23(20-5-4-14-25-16-20)26-32(28,29)22-12-6-18(2)7-13-22/h4-14,16,23,26H,3,15,17H2,1-2H3. The highest BCUT2D eigenvalue weighted by atomic mass is 32.2. The zero-order chi connectivity index (χ0) is 23.0. The summed E-state index contributed by atoms with van der Waals surface area (Å²) >= 11 is 0. The maximum Gasteiger partial charge on any atom is 0.344 e. The predicted octanol–water partition coefficient (Wildman–Crippen LogP) is 3.59. The molecular formula is C24H26N2O5S. The molecule has 0 saturated heterocycles. The number of hydrogen-bond acceptors (Lipinski definition) is 6. The molecule has 1 aromatic heterocycles. The second-order valence-corrected chi connectivity index (χ2v) is 8.93. The lowest BCUT2D eigenvalue weighted by Crippen LogP contribution is -2.30. The van der Waals surface area contributed by atoms with Crippen LogP contribution in [0.1, 0.15) is 29.7 Å². The third kappa shape index (κ3) is 6.63. The van der Waals surface area contributed by atoms with E-state index in [-0.39, 0.29) is 11.5 Å². The van der Waals surface area contributed by atoms with E-state index in [1.807, 2.05) is 25.1 Å². The number of carbonyl (C=O) groups excluding carboxylic acids is 1. The van der Waals surface area contributed by atoms with Crippen LogP contribution in [-0.4, -0.2) is 32.6 Å². The first-order valence-corrected chi connectivity index (χ1v) is 11.7. The maximum absolute atomic E-state index is 13.0. The Kier molecular flexibility index (Phi) is 7.97. The Morgan fingerprint density at radius 1 is 1.06 bits per heavy atom. The first-order chi connectivity index (χ1) is 15.4. The van der Waals surface area contributed by atoms with Crippen molar-refractivity contribution in [2.75, 3.05) is 13.2 Å². The minimum atomic E-state index is -3.73. The van der Waals surface area contributed by atoms with Crippen LogP contribution in [0.2, 0.25) is 0 Å². The van der Waals surface area contributed by atoms with Crippen molar-refractivity contribution < 1.29 is 22.7 Å². The first kappa shape index (κ1) is 23.4. The highest BCUT2D eigenvalue weighted by Crippen LogP contribution is 2.23. The number of pyridine rings is 1. The van der Waals surface area contributed by atoms with Crippen molar-refractivity contribution in [1.29, 1.82) is 0 Å². The molecule has 8 heteroatoms. The Labute approximate surface area is 188 Å². The number of ether oxygens (including phenoxy) is 2. The molecule has 2 aromatic carbocycles. The van der Waals surface area contributed by atoms with Gasteiger partial charge in [-0.15, -0.1) is 0 Å². The molecule has 1 atom stereocenters. The summed E-state index contributed by atoms with van der Waals surface area (Å²) < 4.78 is 39.0. The van der Waals surface area contributed by atoms with Crippen molar-refractivity contribution >= 4 is 16.0 Å². The van der Waals surface area contributed by atoms with Gasteiger partial charge in [-0.25, -0.2) is 17.9 Å². The highest BCUT2D eigenvalue weighted by Gasteiger charge is 2.22. The van der Waals surface area contributed by atoms with E-state index in [0.717, 1.165) is 16.7 Å². The van der Waals surface area contributed by atoms with Crippen LogP contribution < -0.4 is 9.46 Å². The first-order valence-electron chi connectivity index (χ1n) is 10.2. The minimum Gasteiger partial charge on any atom is -0.482 e. The quantitative estimate of drug-likeness (QED) is 0.471. The van der Waals surface area contributed by atoms with Gasteiger partial charge in [-0.05, 0) is 61.7 Å². The van der Waals surface area contributed by atoms with Gasteiger partial charge in [-0.2, -0.15) is 0 Å². The van der Waals surface area contributed by atoms with Crippen LogP contribution >= 0.6 is 0 Å². The van der Waals surface area contributed by atoms with Gasteiger partial charge in [0.25, 0.3) is 0 Å². The van der Waals surface area contributed by atoms with Crippen molar-refractivity contribution in [3.63, 3.8) is 0 Å². The van der Waals surface area contributed by atoms with E-state index in [1.165, 1.54) is 0 Å². The molecule has 0 aliphatic rings. The molecule has 1 N–H and O–H groups in total. The average Bonchev–Trinajstić information content (AvgIpc) is 2.79. The van der Waals surface area contributed by atoms with Gasteiger partial charge in [0.2, 0.25) is 10.0 Å². The van der Waals surface area contributed by atoms with Crippen LogP contribution in [0.4, 0.5) is 0 Å². The smallest absolute Gasteiger partial charge is 0.344 e. The molecule has 0 spiro atoms. The Hall–Kier alpha value is -3.23. The molecular weight excluding hydrogens is 428 g/mol. The van der Waals surface area contributed by atoms with Crippen molar-refractivity contribution in [2.24, 2.45) is 0 Å². The van der Waals surface area contributed by atoms with Crippen molar-refractivity contribution in [3.8, 4) is 5.75 Å². The summed E-state index contributed by atoms with van der Waals surface area (Å²) in [5.74, 6) is 0.0960. The Morgan fingerprint density at radius 3 is 2.41 bits per heavy atom. The van der Waals surface area contributed by atoms with E-state index in [4.69, 9.17) is 9.47 Å². The molecule has 0 bridgehead atoms. The van der Waals surface area contributed by atoms with Gasteiger partial charge in [0.05, 0.1) is 17.5 Å². The molecule has 7 nitrogen and oxygen atoms in total. The largest absolute Gasteiger partial charge is 0.482 e. The van der Waals surface area contributed by atoms with Crippen LogP contribution in [0.15, 0.2) is 78.0 Å². The molecule has 0 amide bonds. The third-order valence-electron chi connectivity index (χ3n) is 4.74. The fourth-order valence-corrected chi connectivity index (χ4v) is 4.31. The molecule has 3 rings (SSSR count). The lowest BCUT2D eigenvalue weighted by atomic mass is 10.0. The molecule has 0 fully saturated rings. The van der Waals surface area contributed by atoms with Gasteiger partial charge in [-0.3, -0.25) is 4.98 Å². The zero-order valence-electron chi connectivity index (χ0n) is 18.0. The van der Waals surface area contributed by atoms with Gasteiger partial charge >= 0.3 is 5.97 Å². The van der Waals surface area contributed by atoms with Crippen molar-refractivity contribution in [3.05, 3.63) is 89.7 Å². The Bertz CT molecular complexity index is 1120. The Balaban J connectivity index is 1.75. The normalized spacial score (nSPS) is 12.2. The summed E-state index contributed by atoms with van der Waals surface area (Å²) in [5.41, 5.74) is 2.64. The predicted molar refractivity (Wildman–Crippen MR) is 121 cm³/mol. The molecule has 3 aromatic rings. The van der Waals surface area contributed by atoms with E-state index in [9.17, 15) is 13.2 Å². The summed E-state index contributed by atoms with van der Waals surface area (Å²) in [5, 5.41) is 0. The summed E-state index contributed by atoms with van der Waals surface area (Å²) in [6.07, 6.45) is 3.71. The van der Waals surface area contributed by atoms with Crippen molar-refractivity contribution in [2.45, 2.75) is 31.2 Å². The molecule has 0 radical (unpaired) electrons. The van der Waals surface area contributed by atoms with E-state index in [0.29, 0.717) is 18.8 Å². The van der Waals surface area contributed by atoms with Gasteiger partial charge < -0.3 is 9.47 Å². The summed E-state index contributed by atoms with van der Waals surface area (Å²) in [6.45, 7) is 3.78. The van der Waals surface area contributed by atoms with E-state index < -0.39 is 22.0 Å². The van der Waals surface area contributed by atoms with Gasteiger partial charge in [0.1, 0.15) is 5.75 Å².